The molecule has 4 nitrogen and oxygen atoms in total. The second kappa shape index (κ2) is 10.4. The second-order valence-corrected chi connectivity index (χ2v) is 15.3. The molecular weight excluding hydrogens is 565 g/mol. The number of benzene rings is 6. The number of para-hydroxylation sites is 4. The van der Waals surface area contributed by atoms with Crippen molar-refractivity contribution in [2.75, 3.05) is 18.3 Å². The minimum atomic E-state index is -3.32. The highest BCUT2D eigenvalue weighted by atomic mass is 28.4. The van der Waals surface area contributed by atoms with E-state index in [0.717, 1.165) is 0 Å². The van der Waals surface area contributed by atoms with Gasteiger partial charge in [-0.25, -0.2) is 0 Å². The Kier molecular flexibility index (Phi) is 6.32. The first kappa shape index (κ1) is 27.3. The fourth-order valence-electron chi connectivity index (χ4n) is 7.25. The molecule has 0 amide bonds. The molecule has 0 radical (unpaired) electrons. The highest BCUT2D eigenvalue weighted by molar-refractivity contribution is 6.99. The Hall–Kier alpha value is -5.26. The van der Waals surface area contributed by atoms with Crippen LogP contribution in [0.5, 0.6) is 0 Å². The van der Waals surface area contributed by atoms with Crippen molar-refractivity contribution in [2.24, 2.45) is 0 Å². The van der Waals surface area contributed by atoms with Crippen molar-refractivity contribution in [3.05, 3.63) is 168 Å². The normalized spacial score (nSPS) is 14.7. The number of fused-ring (bicyclic) bond motifs is 2. The van der Waals surface area contributed by atoms with Crippen molar-refractivity contribution in [3.63, 3.8) is 0 Å². The molecule has 5 heteroatoms. The Balaban J connectivity index is 1.58. The van der Waals surface area contributed by atoms with Crippen LogP contribution in [0.3, 0.4) is 0 Å². The molecule has 0 N–H and O–H groups in total. The van der Waals surface area contributed by atoms with E-state index < -0.39 is 8.72 Å². The minimum Gasteiger partial charge on any atom is -0.314 e. The summed E-state index contributed by atoms with van der Waals surface area (Å²) >= 11 is 0. The summed E-state index contributed by atoms with van der Waals surface area (Å²) in [6, 6.07) is 54.0. The zero-order valence-electron chi connectivity index (χ0n) is 26.1. The average molecular weight is 601 g/mol. The van der Waals surface area contributed by atoms with E-state index >= 15 is 0 Å². The molecule has 0 saturated carbocycles. The maximum Gasteiger partial charge on any atom is 0.521 e. The zero-order chi connectivity index (χ0) is 30.7. The van der Waals surface area contributed by atoms with Gasteiger partial charge in [-0.05, 0) is 123 Å². The van der Waals surface area contributed by atoms with E-state index in [1.54, 1.807) is 0 Å². The first-order chi connectivity index (χ1) is 22.0. The third-order valence-corrected chi connectivity index (χ3v) is 13.4. The Labute approximate surface area is 267 Å². The van der Waals surface area contributed by atoms with E-state index in [2.05, 4.69) is 192 Å². The Morgan fingerprint density at radius 2 is 0.556 bits per heavy atom. The third kappa shape index (κ3) is 4.11. The zero-order valence-corrected chi connectivity index (χ0v) is 27.1. The second-order valence-electron chi connectivity index (χ2n) is 12.3. The van der Waals surface area contributed by atoms with Crippen LogP contribution in [-0.2, 0) is 0 Å². The fraction of sp³-hybridized carbons (Fsp3) is 0.100. The van der Waals surface area contributed by atoms with Gasteiger partial charge in [0.05, 0.1) is 22.7 Å². The smallest absolute Gasteiger partial charge is 0.314 e. The molecule has 0 aromatic heterocycles. The number of nitrogens with zero attached hydrogens (tertiary/aromatic N) is 4. The van der Waals surface area contributed by atoms with Crippen molar-refractivity contribution >= 4 is 54.2 Å². The van der Waals surface area contributed by atoms with E-state index in [1.165, 1.54) is 67.8 Å². The molecule has 6 aromatic rings. The maximum absolute atomic E-state index is 3.32. The lowest BCUT2D eigenvalue weighted by molar-refractivity contribution is 1.17. The number of anilines is 8. The molecule has 0 unspecified atom stereocenters. The van der Waals surface area contributed by atoms with Crippen molar-refractivity contribution in [1.29, 1.82) is 0 Å². The summed E-state index contributed by atoms with van der Waals surface area (Å²) in [5, 5.41) is 0. The molecular formula is C40H36N4Si. The van der Waals surface area contributed by atoms with Gasteiger partial charge in [-0.3, -0.25) is 0 Å². The van der Waals surface area contributed by atoms with Gasteiger partial charge < -0.3 is 18.3 Å². The van der Waals surface area contributed by atoms with Gasteiger partial charge in [-0.2, -0.15) is 0 Å². The minimum absolute atomic E-state index is 1.19. The molecule has 2 heterocycles. The van der Waals surface area contributed by atoms with Crippen LogP contribution in [0.15, 0.2) is 146 Å². The van der Waals surface area contributed by atoms with E-state index in [-0.39, 0.29) is 0 Å². The summed E-state index contributed by atoms with van der Waals surface area (Å²) < 4.78 is 10.7. The number of rotatable bonds is 4. The van der Waals surface area contributed by atoms with Crippen LogP contribution in [0.4, 0.5) is 45.5 Å². The average Bonchev–Trinajstić information content (AvgIpc) is 3.50. The summed E-state index contributed by atoms with van der Waals surface area (Å²) in [6.07, 6.45) is 0. The van der Waals surface area contributed by atoms with E-state index in [1.807, 2.05) is 0 Å². The topological polar surface area (TPSA) is 13.0 Å². The van der Waals surface area contributed by atoms with Crippen LogP contribution in [0.1, 0.15) is 22.3 Å². The molecule has 6 aromatic carbocycles. The van der Waals surface area contributed by atoms with Crippen LogP contribution >= 0.6 is 0 Å². The van der Waals surface area contributed by atoms with Crippen molar-refractivity contribution in [1.82, 2.24) is 0 Å². The SMILES string of the molecule is Cc1cccc(N2c3ccccc3N(c3cccc(C)c3)[Si]23N(c2cccc(C)c2)c2ccccc2N3c2cccc(C)c2)c1. The molecule has 2 aliphatic rings. The molecule has 0 bridgehead atoms. The van der Waals surface area contributed by atoms with Gasteiger partial charge in [0.25, 0.3) is 0 Å². The van der Waals surface area contributed by atoms with Crippen molar-refractivity contribution in [2.45, 2.75) is 27.7 Å². The summed E-state index contributed by atoms with van der Waals surface area (Å²) in [7, 11) is -3.32. The molecule has 0 atom stereocenters. The molecule has 220 valence electrons. The maximum atomic E-state index is 2.68. The van der Waals surface area contributed by atoms with E-state index in [0.29, 0.717) is 0 Å². The largest absolute Gasteiger partial charge is 0.521 e. The van der Waals surface area contributed by atoms with Crippen LogP contribution in [0.25, 0.3) is 0 Å². The highest BCUT2D eigenvalue weighted by Crippen LogP contribution is 2.61. The van der Waals surface area contributed by atoms with Gasteiger partial charge in [0.2, 0.25) is 0 Å². The van der Waals surface area contributed by atoms with Gasteiger partial charge >= 0.3 is 8.72 Å². The summed E-state index contributed by atoms with van der Waals surface area (Å²) in [5.74, 6) is 0. The van der Waals surface area contributed by atoms with Gasteiger partial charge in [-0.15, -0.1) is 0 Å². The summed E-state index contributed by atoms with van der Waals surface area (Å²) in [4.78, 5) is 0. The molecule has 0 aliphatic carbocycles. The lowest BCUT2D eigenvalue weighted by atomic mass is 10.2. The van der Waals surface area contributed by atoms with Crippen molar-refractivity contribution in [3.8, 4) is 0 Å². The number of aryl methyl sites for hydroxylation is 4. The van der Waals surface area contributed by atoms with Gasteiger partial charge in [0, 0.05) is 22.7 Å². The van der Waals surface area contributed by atoms with Gasteiger partial charge in [0.1, 0.15) is 0 Å². The summed E-state index contributed by atoms with van der Waals surface area (Å²) in [5.41, 5.74) is 14.5. The highest BCUT2D eigenvalue weighted by Gasteiger charge is 2.69. The van der Waals surface area contributed by atoms with Gasteiger partial charge in [-0.1, -0.05) is 72.8 Å². The number of hydrogen-bond donors (Lipinski definition) is 0. The molecule has 8 rings (SSSR count). The quantitative estimate of drug-likeness (QED) is 0.187. The van der Waals surface area contributed by atoms with Crippen LogP contribution in [0, 0.1) is 27.7 Å². The van der Waals surface area contributed by atoms with Crippen LogP contribution < -0.4 is 18.3 Å². The first-order valence-electron chi connectivity index (χ1n) is 15.6. The lowest BCUT2D eigenvalue weighted by Crippen LogP contribution is -2.76. The van der Waals surface area contributed by atoms with Crippen LogP contribution in [0.2, 0.25) is 0 Å². The Morgan fingerprint density at radius 3 is 0.778 bits per heavy atom. The lowest BCUT2D eigenvalue weighted by Gasteiger charge is -2.49. The third-order valence-electron chi connectivity index (χ3n) is 8.97. The predicted molar refractivity (Wildman–Crippen MR) is 192 cm³/mol. The van der Waals surface area contributed by atoms with E-state index in [4.69, 9.17) is 0 Å². The summed E-state index contributed by atoms with van der Waals surface area (Å²) in [6.45, 7) is 8.77. The molecule has 1 spiro atoms. The molecule has 2 aliphatic heterocycles. The molecule has 0 saturated heterocycles. The van der Waals surface area contributed by atoms with Crippen LogP contribution in [-0.4, -0.2) is 8.72 Å². The monoisotopic (exact) mass is 600 g/mol. The molecule has 0 fully saturated rings. The Morgan fingerprint density at radius 1 is 0.311 bits per heavy atom. The fourth-order valence-corrected chi connectivity index (χ4v) is 12.4. The number of hydrogen-bond acceptors (Lipinski definition) is 4. The first-order valence-corrected chi connectivity index (χ1v) is 17.4. The standard InChI is InChI=1S/C40H36N4Si/c1-29-13-9-17-33(25-29)41-37-21-5-6-22-38(37)42(34-18-10-14-30(2)26-34)45(41)43(35-19-11-15-31(3)27-35)39-23-7-8-24-40(39)44(45)36-20-12-16-32(4)28-36/h5-28H,1-4H3. The Bertz CT molecular complexity index is 1770. The van der Waals surface area contributed by atoms with E-state index in [9.17, 15) is 0 Å². The predicted octanol–water partition coefficient (Wildman–Crippen LogP) is 10.6. The van der Waals surface area contributed by atoms with Crippen molar-refractivity contribution < 1.29 is 0 Å². The van der Waals surface area contributed by atoms with Gasteiger partial charge in [0.15, 0.2) is 0 Å². The molecule has 45 heavy (non-hydrogen) atoms.